The number of rotatable bonds is 3. The smallest absolute Gasteiger partial charge is 0.0995 e. The van der Waals surface area contributed by atoms with Crippen LogP contribution >= 0.6 is 0 Å². The van der Waals surface area contributed by atoms with E-state index in [0.29, 0.717) is 12.1 Å². The summed E-state index contributed by atoms with van der Waals surface area (Å²) in [6, 6.07) is 11.1. The zero-order valence-electron chi connectivity index (χ0n) is 11.0. The number of hydrogen-bond acceptors (Lipinski definition) is 3. The molecule has 0 bridgehead atoms. The number of nitrogens with zero attached hydrogens (tertiary/aromatic N) is 2. The summed E-state index contributed by atoms with van der Waals surface area (Å²) in [6.45, 7) is 0.851. The molecule has 0 radical (unpaired) electrons. The van der Waals surface area contributed by atoms with Crippen molar-refractivity contribution >= 4 is 0 Å². The monoisotopic (exact) mass is 243 g/mol. The van der Waals surface area contributed by atoms with Crippen LogP contribution < -0.4 is 5.73 Å². The van der Waals surface area contributed by atoms with Crippen LogP contribution in [-0.2, 0) is 6.54 Å². The van der Waals surface area contributed by atoms with Crippen LogP contribution in [-0.4, -0.2) is 24.0 Å². The van der Waals surface area contributed by atoms with Gasteiger partial charge < -0.3 is 5.73 Å². The highest BCUT2D eigenvalue weighted by Gasteiger charge is 2.22. The molecule has 1 aliphatic rings. The summed E-state index contributed by atoms with van der Waals surface area (Å²) in [7, 11) is 2.15. The largest absolute Gasteiger partial charge is 0.328 e. The van der Waals surface area contributed by atoms with Gasteiger partial charge >= 0.3 is 0 Å². The highest BCUT2D eigenvalue weighted by atomic mass is 15.1. The quantitative estimate of drug-likeness (QED) is 0.886. The van der Waals surface area contributed by atoms with E-state index >= 15 is 0 Å². The van der Waals surface area contributed by atoms with Crippen molar-refractivity contribution in [2.24, 2.45) is 5.73 Å². The molecule has 1 aliphatic carbocycles. The molecule has 3 heteroatoms. The molecule has 0 amide bonds. The lowest BCUT2D eigenvalue weighted by atomic mass is 9.90. The average Bonchev–Trinajstić information content (AvgIpc) is 2.40. The van der Waals surface area contributed by atoms with Crippen LogP contribution in [0.2, 0.25) is 0 Å². The Hall–Kier alpha value is -1.37. The molecule has 3 nitrogen and oxygen atoms in total. The van der Waals surface area contributed by atoms with Gasteiger partial charge in [-0.3, -0.25) is 4.90 Å². The molecular weight excluding hydrogens is 222 g/mol. The van der Waals surface area contributed by atoms with Crippen LogP contribution in [0.15, 0.2) is 24.3 Å². The van der Waals surface area contributed by atoms with E-state index in [1.165, 1.54) is 12.8 Å². The van der Waals surface area contributed by atoms with E-state index in [-0.39, 0.29) is 0 Å². The Bertz CT molecular complexity index is 428. The van der Waals surface area contributed by atoms with Crippen molar-refractivity contribution in [2.45, 2.75) is 44.3 Å². The van der Waals surface area contributed by atoms with Gasteiger partial charge in [0.25, 0.3) is 0 Å². The first-order chi connectivity index (χ1) is 8.70. The summed E-state index contributed by atoms with van der Waals surface area (Å²) in [5.41, 5.74) is 7.85. The number of nitriles is 1. The highest BCUT2D eigenvalue weighted by Crippen LogP contribution is 2.23. The maximum absolute atomic E-state index is 9.09. The molecule has 2 N–H and O–H groups in total. The van der Waals surface area contributed by atoms with E-state index in [9.17, 15) is 0 Å². The van der Waals surface area contributed by atoms with Gasteiger partial charge in [0.05, 0.1) is 11.6 Å². The van der Waals surface area contributed by atoms with E-state index < -0.39 is 0 Å². The second kappa shape index (κ2) is 5.99. The van der Waals surface area contributed by atoms with Crippen LogP contribution in [0.25, 0.3) is 0 Å². The van der Waals surface area contributed by atoms with Gasteiger partial charge in [0.15, 0.2) is 0 Å². The van der Waals surface area contributed by atoms with Gasteiger partial charge in [-0.2, -0.15) is 5.26 Å². The summed E-state index contributed by atoms with van der Waals surface area (Å²) < 4.78 is 0. The van der Waals surface area contributed by atoms with Gasteiger partial charge in [-0.05, 0) is 44.4 Å². The van der Waals surface area contributed by atoms with Crippen molar-refractivity contribution in [2.75, 3.05) is 7.05 Å². The van der Waals surface area contributed by atoms with E-state index in [1.807, 2.05) is 24.3 Å². The summed E-state index contributed by atoms with van der Waals surface area (Å²) >= 11 is 0. The van der Waals surface area contributed by atoms with Crippen LogP contribution in [0.5, 0.6) is 0 Å². The van der Waals surface area contributed by atoms with Crippen molar-refractivity contribution in [1.29, 1.82) is 5.26 Å². The van der Waals surface area contributed by atoms with E-state index in [2.05, 4.69) is 18.0 Å². The first kappa shape index (κ1) is 13.1. The van der Waals surface area contributed by atoms with E-state index in [1.54, 1.807) is 0 Å². The van der Waals surface area contributed by atoms with Gasteiger partial charge in [-0.1, -0.05) is 18.2 Å². The van der Waals surface area contributed by atoms with Crippen molar-refractivity contribution in [1.82, 2.24) is 4.90 Å². The molecule has 0 heterocycles. The normalized spacial score (nSPS) is 23.9. The molecule has 0 atom stereocenters. The minimum atomic E-state index is 0.390. The van der Waals surface area contributed by atoms with Crippen molar-refractivity contribution < 1.29 is 0 Å². The predicted molar refractivity (Wildman–Crippen MR) is 72.9 cm³/mol. The highest BCUT2D eigenvalue weighted by molar-refractivity contribution is 5.37. The molecule has 18 heavy (non-hydrogen) atoms. The molecule has 0 saturated heterocycles. The fourth-order valence-corrected chi connectivity index (χ4v) is 2.71. The van der Waals surface area contributed by atoms with Gasteiger partial charge in [-0.15, -0.1) is 0 Å². The van der Waals surface area contributed by atoms with Gasteiger partial charge in [0.2, 0.25) is 0 Å². The maximum Gasteiger partial charge on any atom is 0.0995 e. The second-order valence-electron chi connectivity index (χ2n) is 5.25. The van der Waals surface area contributed by atoms with Crippen molar-refractivity contribution in [3.05, 3.63) is 35.4 Å². The third-order valence-corrected chi connectivity index (χ3v) is 3.92. The third kappa shape index (κ3) is 3.10. The molecule has 0 unspecified atom stereocenters. The van der Waals surface area contributed by atoms with Gasteiger partial charge in [0.1, 0.15) is 0 Å². The fraction of sp³-hybridized carbons (Fsp3) is 0.533. The average molecular weight is 243 g/mol. The lowest BCUT2D eigenvalue weighted by Crippen LogP contribution is -2.38. The van der Waals surface area contributed by atoms with Gasteiger partial charge in [0, 0.05) is 18.6 Å². The first-order valence-electron chi connectivity index (χ1n) is 6.64. The SMILES string of the molecule is CN(Cc1ccccc1C#N)C1CCC(N)CC1. The lowest BCUT2D eigenvalue weighted by molar-refractivity contribution is 0.176. The predicted octanol–water partition coefficient (Wildman–Crippen LogP) is 2.26. The van der Waals surface area contributed by atoms with Crippen LogP contribution in [0.1, 0.15) is 36.8 Å². The lowest BCUT2D eigenvalue weighted by Gasteiger charge is -2.33. The summed E-state index contributed by atoms with van der Waals surface area (Å²) in [5, 5.41) is 9.09. The molecule has 96 valence electrons. The van der Waals surface area contributed by atoms with E-state index in [0.717, 1.165) is 30.5 Å². The van der Waals surface area contributed by atoms with Crippen LogP contribution in [0, 0.1) is 11.3 Å². The summed E-state index contributed by atoms with van der Waals surface area (Å²) in [6.07, 6.45) is 4.59. The third-order valence-electron chi connectivity index (χ3n) is 3.92. The summed E-state index contributed by atoms with van der Waals surface area (Å²) in [4.78, 5) is 2.36. The Balaban J connectivity index is 1.99. The zero-order valence-corrected chi connectivity index (χ0v) is 11.0. The zero-order chi connectivity index (χ0) is 13.0. The number of hydrogen-bond donors (Lipinski definition) is 1. The number of benzene rings is 1. The molecular formula is C15H21N3. The molecule has 1 aromatic rings. The van der Waals surface area contributed by atoms with Crippen LogP contribution in [0.4, 0.5) is 0 Å². The Kier molecular flexibility index (Phi) is 4.35. The van der Waals surface area contributed by atoms with Crippen molar-refractivity contribution in [3.63, 3.8) is 0 Å². The molecule has 2 rings (SSSR count). The molecule has 0 aliphatic heterocycles. The Morgan fingerprint density at radius 3 is 2.61 bits per heavy atom. The number of nitrogens with two attached hydrogens (primary N) is 1. The maximum atomic E-state index is 9.09. The minimum absolute atomic E-state index is 0.390. The topological polar surface area (TPSA) is 53.0 Å². The molecule has 1 saturated carbocycles. The molecule has 1 fully saturated rings. The Morgan fingerprint density at radius 1 is 1.28 bits per heavy atom. The standard InChI is InChI=1S/C15H21N3/c1-18(15-8-6-14(17)7-9-15)11-13-5-3-2-4-12(13)10-16/h2-5,14-15H,6-9,11,17H2,1H3. The molecule has 1 aromatic carbocycles. The van der Waals surface area contributed by atoms with Crippen molar-refractivity contribution in [3.8, 4) is 6.07 Å². The minimum Gasteiger partial charge on any atom is -0.328 e. The Labute approximate surface area is 109 Å². The molecule has 0 aromatic heterocycles. The first-order valence-corrected chi connectivity index (χ1v) is 6.64. The van der Waals surface area contributed by atoms with E-state index in [4.69, 9.17) is 11.0 Å². The van der Waals surface area contributed by atoms with Crippen LogP contribution in [0.3, 0.4) is 0 Å². The fourth-order valence-electron chi connectivity index (χ4n) is 2.71. The Morgan fingerprint density at radius 2 is 1.94 bits per heavy atom. The van der Waals surface area contributed by atoms with Gasteiger partial charge in [-0.25, -0.2) is 0 Å². The summed E-state index contributed by atoms with van der Waals surface area (Å²) in [5.74, 6) is 0. The molecule has 0 spiro atoms. The second-order valence-corrected chi connectivity index (χ2v) is 5.25.